The fourth-order valence-electron chi connectivity index (χ4n) is 6.78. The molecule has 1 saturated heterocycles. The first-order chi connectivity index (χ1) is 33.8. The summed E-state index contributed by atoms with van der Waals surface area (Å²) in [6, 6.07) is 3.52. The lowest BCUT2D eigenvalue weighted by Crippen LogP contribution is -2.54. The van der Waals surface area contributed by atoms with E-state index in [-0.39, 0.29) is 54.6 Å². The zero-order valence-corrected chi connectivity index (χ0v) is 40.6. The first-order valence-corrected chi connectivity index (χ1v) is 24.5. The minimum Gasteiger partial charge on any atom is -0.463 e. The molecule has 1 aromatic carbocycles. The van der Waals surface area contributed by atoms with Crippen molar-refractivity contribution in [3.8, 4) is 0 Å². The Kier molecular flexibility index (Phi) is 34.1. The van der Waals surface area contributed by atoms with Gasteiger partial charge in [-0.2, -0.15) is 0 Å². The Labute approximate surface area is 406 Å². The fraction of sp³-hybridized carbons (Fsp3) is 0.750. The van der Waals surface area contributed by atoms with Gasteiger partial charge in [-0.15, -0.1) is 0 Å². The highest BCUT2D eigenvalue weighted by atomic mass is 16.6. The van der Waals surface area contributed by atoms with E-state index < -0.39 is 29.7 Å². The third-order valence-corrected chi connectivity index (χ3v) is 10.4. The fourth-order valence-corrected chi connectivity index (χ4v) is 6.78. The van der Waals surface area contributed by atoms with Gasteiger partial charge in [0.1, 0.15) is 12.6 Å². The smallest absolute Gasteiger partial charge is 0.305 e. The largest absolute Gasteiger partial charge is 0.463 e. The molecule has 0 spiro atoms. The lowest BCUT2D eigenvalue weighted by Gasteiger charge is -2.27. The predicted molar refractivity (Wildman–Crippen MR) is 249 cm³/mol. The van der Waals surface area contributed by atoms with Crippen molar-refractivity contribution >= 4 is 41.2 Å². The summed E-state index contributed by atoms with van der Waals surface area (Å²) in [7, 11) is 0. The summed E-state index contributed by atoms with van der Waals surface area (Å²) in [5.74, 6) is -2.90. The average molecular weight is 984 g/mol. The first kappa shape index (κ1) is 59.3. The van der Waals surface area contributed by atoms with Crippen LogP contribution < -0.4 is 10.6 Å². The number of benzene rings is 1. The number of hydrogen-bond donors (Lipinski definition) is 2. The van der Waals surface area contributed by atoms with Gasteiger partial charge < -0.3 is 62.2 Å². The van der Waals surface area contributed by atoms with Crippen molar-refractivity contribution in [1.29, 1.82) is 0 Å². The maximum absolute atomic E-state index is 13.2. The Morgan fingerprint density at radius 3 is 1.43 bits per heavy atom. The second kappa shape index (κ2) is 39.7. The molecule has 1 atom stereocenters. The Bertz CT molecular complexity index is 1600. The average Bonchev–Trinajstić information content (AvgIpc) is 3.59. The quantitative estimate of drug-likeness (QED) is 0.0541. The number of hydrogen-bond acceptors (Lipinski definition) is 18. The highest BCUT2D eigenvalue weighted by Crippen LogP contribution is 2.32. The molecule has 0 aliphatic carbocycles. The van der Waals surface area contributed by atoms with E-state index in [1.165, 1.54) is 6.07 Å². The summed E-state index contributed by atoms with van der Waals surface area (Å²) in [5, 5.41) is 4.91. The molecule has 392 valence electrons. The van der Waals surface area contributed by atoms with E-state index >= 15 is 0 Å². The van der Waals surface area contributed by atoms with Crippen LogP contribution in [0.3, 0.4) is 0 Å². The van der Waals surface area contributed by atoms with Gasteiger partial charge in [0.25, 0.3) is 11.8 Å². The van der Waals surface area contributed by atoms with Gasteiger partial charge in [-0.1, -0.05) is 38.7 Å². The lowest BCUT2D eigenvalue weighted by molar-refractivity contribution is -0.145. The number of rotatable bonds is 46. The molecule has 5 amide bonds. The number of unbranched alkanes of at least 4 members (excludes halogenated alkanes) is 5. The molecule has 2 heterocycles. The molecule has 21 nitrogen and oxygen atoms in total. The molecule has 2 N–H and O–H groups in total. The molecule has 0 saturated carbocycles. The van der Waals surface area contributed by atoms with E-state index in [4.69, 9.17) is 56.8 Å². The molecule has 1 aromatic rings. The van der Waals surface area contributed by atoms with Gasteiger partial charge in [-0.25, -0.2) is 0 Å². The highest BCUT2D eigenvalue weighted by molar-refractivity contribution is 6.26. The molecule has 1 unspecified atom stereocenters. The summed E-state index contributed by atoms with van der Waals surface area (Å²) in [4.78, 5) is 75.2. The van der Waals surface area contributed by atoms with Gasteiger partial charge in [0, 0.05) is 25.9 Å². The predicted octanol–water partition coefficient (Wildman–Crippen LogP) is 3.28. The minimum atomic E-state index is -1.08. The van der Waals surface area contributed by atoms with Crippen LogP contribution in [0.2, 0.25) is 0 Å². The molecular weight excluding hydrogens is 907 g/mol. The van der Waals surface area contributed by atoms with E-state index in [0.717, 1.165) is 43.4 Å². The van der Waals surface area contributed by atoms with E-state index in [1.807, 2.05) is 0 Å². The highest BCUT2D eigenvalue weighted by Gasteiger charge is 2.45. The van der Waals surface area contributed by atoms with Gasteiger partial charge in [-0.05, 0) is 37.8 Å². The van der Waals surface area contributed by atoms with E-state index in [1.54, 1.807) is 12.1 Å². The Hall–Kier alpha value is -4.00. The number of fused-ring (bicyclic) bond motifs is 1. The second-order valence-corrected chi connectivity index (χ2v) is 15.8. The zero-order valence-electron chi connectivity index (χ0n) is 40.6. The number of carbonyl (C=O) groups is 6. The van der Waals surface area contributed by atoms with Gasteiger partial charge in [0.05, 0.1) is 156 Å². The van der Waals surface area contributed by atoms with Crippen LogP contribution in [0.25, 0.3) is 0 Å². The van der Waals surface area contributed by atoms with Gasteiger partial charge in [-0.3, -0.25) is 39.0 Å². The van der Waals surface area contributed by atoms with E-state index in [0.29, 0.717) is 158 Å². The third-order valence-electron chi connectivity index (χ3n) is 10.4. The van der Waals surface area contributed by atoms with Crippen molar-refractivity contribution in [1.82, 2.24) is 10.2 Å². The number of carbonyl (C=O) groups excluding carboxylic acids is 6. The minimum absolute atomic E-state index is 0.0247. The van der Waals surface area contributed by atoms with Crippen LogP contribution in [0.1, 0.15) is 98.3 Å². The number of esters is 1. The number of nitrogens with zero attached hydrogens (tertiary/aromatic N) is 1. The summed E-state index contributed by atoms with van der Waals surface area (Å²) >= 11 is 0. The second-order valence-electron chi connectivity index (χ2n) is 15.8. The van der Waals surface area contributed by atoms with Gasteiger partial charge >= 0.3 is 5.97 Å². The SMILES string of the molecule is CCCCCCC(=O)OCCOCCOCCOCCOCCOCCOCCOCCOCCOCCOCCOCCCCCC(=O)Nc1cccc2c1C(=O)N(C1CCC(=O)NC1=O)C2=O. The number of anilines is 1. The van der Waals surface area contributed by atoms with Crippen molar-refractivity contribution < 1.29 is 85.6 Å². The van der Waals surface area contributed by atoms with Crippen LogP contribution in [0.15, 0.2) is 18.2 Å². The lowest BCUT2D eigenvalue weighted by atomic mass is 10.0. The Balaban J connectivity index is 0.957. The van der Waals surface area contributed by atoms with E-state index in [2.05, 4.69) is 17.6 Å². The molecule has 0 radical (unpaired) electrons. The Morgan fingerprint density at radius 2 is 0.971 bits per heavy atom. The maximum atomic E-state index is 13.2. The van der Waals surface area contributed by atoms with E-state index in [9.17, 15) is 28.8 Å². The summed E-state index contributed by atoms with van der Waals surface area (Å²) in [6.45, 7) is 12.4. The van der Waals surface area contributed by atoms with Crippen LogP contribution in [-0.2, 0) is 76.0 Å². The molecule has 0 bridgehead atoms. The molecule has 3 rings (SSSR count). The van der Waals surface area contributed by atoms with Crippen LogP contribution in [0, 0.1) is 0 Å². The van der Waals surface area contributed by atoms with Crippen LogP contribution in [-0.4, -0.2) is 198 Å². The first-order valence-electron chi connectivity index (χ1n) is 24.5. The summed E-state index contributed by atoms with van der Waals surface area (Å²) < 4.78 is 65.6. The monoisotopic (exact) mass is 984 g/mol. The number of imide groups is 2. The Morgan fingerprint density at radius 1 is 0.536 bits per heavy atom. The molecule has 2 aliphatic heterocycles. The number of piperidine rings is 1. The van der Waals surface area contributed by atoms with Crippen LogP contribution >= 0.6 is 0 Å². The summed E-state index contributed by atoms with van der Waals surface area (Å²) in [6.07, 6.45) is 7.12. The molecule has 1 fully saturated rings. The van der Waals surface area contributed by atoms with Gasteiger partial charge in [0.15, 0.2) is 0 Å². The number of nitrogens with one attached hydrogen (secondary N) is 2. The number of amides is 5. The van der Waals surface area contributed by atoms with Crippen molar-refractivity contribution in [2.45, 2.75) is 83.6 Å². The molecule has 2 aliphatic rings. The zero-order chi connectivity index (χ0) is 49.4. The van der Waals surface area contributed by atoms with Crippen LogP contribution in [0.5, 0.6) is 0 Å². The number of ether oxygens (including phenoxy) is 12. The third kappa shape index (κ3) is 27.3. The van der Waals surface area contributed by atoms with Gasteiger partial charge in [0.2, 0.25) is 17.7 Å². The molecule has 0 aromatic heterocycles. The van der Waals surface area contributed by atoms with Crippen molar-refractivity contribution in [2.24, 2.45) is 0 Å². The topological polar surface area (TPSA) is 240 Å². The molecule has 69 heavy (non-hydrogen) atoms. The van der Waals surface area contributed by atoms with Crippen molar-refractivity contribution in [3.63, 3.8) is 0 Å². The maximum Gasteiger partial charge on any atom is 0.305 e. The molecular formula is C48H77N3O18. The van der Waals surface area contributed by atoms with Crippen LogP contribution in [0.4, 0.5) is 5.69 Å². The standard InChI is InChI=1S/C48H77N3O18/c1-2-3-4-7-13-44(54)69-38-37-68-36-35-67-34-33-66-32-31-65-30-29-64-28-27-63-26-25-62-24-23-61-22-21-60-20-19-59-18-17-58-16-8-5-6-12-42(52)49-40-11-9-10-39-45(40)48(57)51(47(39)56)41-14-15-43(53)50-46(41)55/h9-11,41H,2-8,12-38H2,1H3,(H,49,52)(H,50,53,55). The molecule has 21 heteroatoms. The van der Waals surface area contributed by atoms with Crippen molar-refractivity contribution in [2.75, 3.05) is 157 Å². The van der Waals surface area contributed by atoms with Crippen molar-refractivity contribution in [3.05, 3.63) is 29.3 Å². The summed E-state index contributed by atoms with van der Waals surface area (Å²) in [5.41, 5.74) is 0.372. The normalized spacial score (nSPS) is 14.7.